The summed E-state index contributed by atoms with van der Waals surface area (Å²) < 4.78 is 8.28. The predicted molar refractivity (Wildman–Crippen MR) is 189 cm³/mol. The number of nitrogens with two attached hydrogens (primary N) is 2. The number of benzene rings is 1. The van der Waals surface area contributed by atoms with Crippen LogP contribution in [0.2, 0.25) is 0 Å². The number of amides is 1. The fourth-order valence-electron chi connectivity index (χ4n) is 6.81. The lowest BCUT2D eigenvalue weighted by Crippen LogP contribution is -2.33. The zero-order chi connectivity index (χ0) is 36.6. The van der Waals surface area contributed by atoms with Gasteiger partial charge in [0, 0.05) is 47.1 Å². The first-order valence-corrected chi connectivity index (χ1v) is 17.0. The van der Waals surface area contributed by atoms with Gasteiger partial charge in [0.2, 0.25) is 5.91 Å². The monoisotopic (exact) mass is 687 g/mol. The lowest BCUT2D eigenvalue weighted by atomic mass is 9.71. The fraction of sp³-hybridized carbons (Fsp3) is 0.486. The predicted octanol–water partition coefficient (Wildman–Crippen LogP) is 4.83. The molecule has 0 radical (unpaired) electrons. The molecule has 1 fully saturated rings. The summed E-state index contributed by atoms with van der Waals surface area (Å²) in [6.45, 7) is 10.1. The van der Waals surface area contributed by atoms with Crippen LogP contribution in [0.25, 0.3) is 11.2 Å². The standard InChI is InChI=1S/C23H30N6O3.C14H19NO3/c24-22-21-23(27-14-26-22)29(15-28-21)19-10-9-18(32-19)11-17(7-4-8-20(30)31)13-25-12-16-5-2-1-3-6-16;1-7-8(2)13(18)11(9(3)12(7)17)14(4,5)6-10(15)16/h1-3,5-6,14-15,17-19,25H,4,7-13H2,(H,30,31)(H2,24,26,27);6H2,1-5H3,(H2,15,16)/t17-,18-,19+;/m0./s1. The summed E-state index contributed by atoms with van der Waals surface area (Å²) in [5.41, 5.74) is 14.7. The van der Waals surface area contributed by atoms with Crippen LogP contribution in [-0.2, 0) is 30.5 Å². The molecule has 1 aromatic carbocycles. The molecule has 1 aliphatic carbocycles. The van der Waals surface area contributed by atoms with Crippen LogP contribution in [0.15, 0.2) is 65.3 Å². The van der Waals surface area contributed by atoms with E-state index in [2.05, 4.69) is 32.4 Å². The quantitative estimate of drug-likeness (QED) is 0.169. The topological polar surface area (TPSA) is 205 Å². The molecule has 3 atom stereocenters. The Balaban J connectivity index is 0.000000266. The molecule has 6 N–H and O–H groups in total. The molecule has 0 unspecified atom stereocenters. The molecule has 13 heteroatoms. The van der Waals surface area contributed by atoms with E-state index >= 15 is 0 Å². The van der Waals surface area contributed by atoms with Crippen LogP contribution >= 0.6 is 0 Å². The van der Waals surface area contributed by atoms with Crippen molar-refractivity contribution >= 4 is 40.4 Å². The Morgan fingerprint density at radius 1 is 1.04 bits per heavy atom. The fourth-order valence-corrected chi connectivity index (χ4v) is 6.81. The van der Waals surface area contributed by atoms with Gasteiger partial charge in [0.15, 0.2) is 23.0 Å². The van der Waals surface area contributed by atoms with E-state index in [9.17, 15) is 19.2 Å². The molecule has 0 spiro atoms. The van der Waals surface area contributed by atoms with Crippen molar-refractivity contribution in [3.05, 3.63) is 70.8 Å². The second kappa shape index (κ2) is 16.8. The van der Waals surface area contributed by atoms with Gasteiger partial charge >= 0.3 is 5.97 Å². The van der Waals surface area contributed by atoms with Crippen LogP contribution in [0.4, 0.5) is 5.82 Å². The van der Waals surface area contributed by atoms with E-state index in [1.807, 2.05) is 22.8 Å². The number of carboxylic acids is 1. The van der Waals surface area contributed by atoms with Gasteiger partial charge in [-0.05, 0) is 70.9 Å². The highest BCUT2D eigenvalue weighted by Crippen LogP contribution is 2.38. The Hall–Kier alpha value is -4.75. The number of allylic oxidation sites excluding steroid dienone is 4. The van der Waals surface area contributed by atoms with Crippen LogP contribution in [0, 0.1) is 11.3 Å². The number of rotatable bonds is 14. The molecule has 5 rings (SSSR count). The molecule has 1 amide bonds. The van der Waals surface area contributed by atoms with Gasteiger partial charge in [-0.2, -0.15) is 0 Å². The van der Waals surface area contributed by atoms with Crippen LogP contribution in [-0.4, -0.2) is 60.7 Å². The van der Waals surface area contributed by atoms with Crippen molar-refractivity contribution in [1.29, 1.82) is 0 Å². The Kier molecular flexibility index (Phi) is 12.8. The molecule has 1 aliphatic heterocycles. The summed E-state index contributed by atoms with van der Waals surface area (Å²) >= 11 is 0. The number of carboxylic acid groups (broad SMARTS) is 1. The maximum Gasteiger partial charge on any atom is 0.303 e. The number of fused-ring (bicyclic) bond motifs is 1. The Labute approximate surface area is 292 Å². The number of Topliss-reactive ketones (excluding diaryl/α,β-unsaturated/α-hetero) is 2. The Morgan fingerprint density at radius 2 is 1.74 bits per heavy atom. The highest BCUT2D eigenvalue weighted by molar-refractivity contribution is 6.25. The maximum absolute atomic E-state index is 12.3. The molecule has 0 bridgehead atoms. The van der Waals surface area contributed by atoms with Crippen molar-refractivity contribution in [1.82, 2.24) is 24.8 Å². The maximum atomic E-state index is 12.3. The first kappa shape index (κ1) is 38.1. The highest BCUT2D eigenvalue weighted by atomic mass is 16.5. The van der Waals surface area contributed by atoms with Gasteiger partial charge in [0.25, 0.3) is 0 Å². The van der Waals surface area contributed by atoms with Gasteiger partial charge in [0.05, 0.1) is 12.4 Å². The number of nitrogens with one attached hydrogen (secondary N) is 1. The number of ketones is 2. The number of imidazole rings is 1. The molecule has 0 saturated carbocycles. The number of ether oxygens (including phenoxy) is 1. The second-order valence-electron chi connectivity index (χ2n) is 13.8. The minimum atomic E-state index is -0.744. The summed E-state index contributed by atoms with van der Waals surface area (Å²) in [6.07, 6.45) is 7.63. The van der Waals surface area contributed by atoms with Gasteiger partial charge in [-0.1, -0.05) is 44.2 Å². The van der Waals surface area contributed by atoms with Crippen LogP contribution in [0.1, 0.15) is 91.4 Å². The number of primary amides is 1. The summed E-state index contributed by atoms with van der Waals surface area (Å²) in [5, 5.41) is 12.5. The van der Waals surface area contributed by atoms with Gasteiger partial charge < -0.3 is 26.6 Å². The molecule has 1 saturated heterocycles. The van der Waals surface area contributed by atoms with E-state index in [1.165, 1.54) is 11.9 Å². The molecule has 268 valence electrons. The van der Waals surface area contributed by atoms with E-state index in [4.69, 9.17) is 21.3 Å². The van der Waals surface area contributed by atoms with Crippen molar-refractivity contribution in [3.63, 3.8) is 0 Å². The number of hydrogen-bond donors (Lipinski definition) is 4. The molecule has 50 heavy (non-hydrogen) atoms. The SMILES string of the molecule is CC1=C(C)C(=O)C(C(C)(C)CC(N)=O)=C(C)C1=O.Nc1ncnc2c1ncn2[C@H]1CC[C@@H](C[C@H](CCCC(=O)O)CNCc2ccccc2)O1. The van der Waals surface area contributed by atoms with E-state index < -0.39 is 17.3 Å². The molecule has 2 aromatic heterocycles. The van der Waals surface area contributed by atoms with Crippen LogP contribution in [0.5, 0.6) is 0 Å². The summed E-state index contributed by atoms with van der Waals surface area (Å²) in [5.74, 6) is -0.794. The number of carbonyl (C=O) groups excluding carboxylic acids is 3. The first-order valence-electron chi connectivity index (χ1n) is 17.0. The molecule has 13 nitrogen and oxygen atoms in total. The van der Waals surface area contributed by atoms with Crippen molar-refractivity contribution in [2.45, 2.75) is 98.4 Å². The lowest BCUT2D eigenvalue weighted by Gasteiger charge is -2.30. The summed E-state index contributed by atoms with van der Waals surface area (Å²) in [6, 6.07) is 10.3. The highest BCUT2D eigenvalue weighted by Gasteiger charge is 2.38. The number of nitrogen functional groups attached to an aromatic ring is 1. The zero-order valence-corrected chi connectivity index (χ0v) is 29.6. The van der Waals surface area contributed by atoms with Crippen molar-refractivity contribution in [2.75, 3.05) is 12.3 Å². The van der Waals surface area contributed by atoms with Gasteiger partial charge in [-0.25, -0.2) is 15.0 Å². The smallest absolute Gasteiger partial charge is 0.303 e. The number of hydrogen-bond acceptors (Lipinski definition) is 10. The second-order valence-corrected chi connectivity index (χ2v) is 13.8. The van der Waals surface area contributed by atoms with E-state index in [-0.39, 0.29) is 36.7 Å². The largest absolute Gasteiger partial charge is 0.481 e. The molecule has 2 aliphatic rings. The number of aliphatic carboxylic acids is 1. The molecule has 3 aromatic rings. The van der Waals surface area contributed by atoms with Crippen molar-refractivity contribution in [2.24, 2.45) is 17.1 Å². The van der Waals surface area contributed by atoms with Gasteiger partial charge in [-0.3, -0.25) is 23.7 Å². The van der Waals surface area contributed by atoms with E-state index in [0.717, 1.165) is 38.8 Å². The lowest BCUT2D eigenvalue weighted by molar-refractivity contribution is -0.137. The third kappa shape index (κ3) is 9.48. The molecular weight excluding hydrogens is 638 g/mol. The zero-order valence-electron chi connectivity index (χ0n) is 29.6. The number of aromatic nitrogens is 4. The summed E-state index contributed by atoms with van der Waals surface area (Å²) in [4.78, 5) is 59.1. The number of anilines is 1. The van der Waals surface area contributed by atoms with E-state index in [1.54, 1.807) is 40.9 Å². The first-order chi connectivity index (χ1) is 23.7. The van der Waals surface area contributed by atoms with Gasteiger partial charge in [-0.15, -0.1) is 0 Å². The minimum Gasteiger partial charge on any atom is -0.481 e. The average Bonchev–Trinajstić information content (AvgIpc) is 3.70. The van der Waals surface area contributed by atoms with Gasteiger partial charge in [0.1, 0.15) is 18.1 Å². The molecular formula is C37H49N7O6. The van der Waals surface area contributed by atoms with Crippen molar-refractivity contribution < 1.29 is 29.0 Å². The Morgan fingerprint density at radius 3 is 2.42 bits per heavy atom. The average molecular weight is 688 g/mol. The third-order valence-electron chi connectivity index (χ3n) is 9.47. The van der Waals surface area contributed by atoms with Crippen LogP contribution in [0.3, 0.4) is 0 Å². The van der Waals surface area contributed by atoms with Crippen LogP contribution < -0.4 is 16.8 Å². The number of carbonyl (C=O) groups is 4. The van der Waals surface area contributed by atoms with E-state index in [0.29, 0.717) is 51.6 Å². The Bertz CT molecular complexity index is 1780. The van der Waals surface area contributed by atoms with Crippen molar-refractivity contribution in [3.8, 4) is 0 Å². The summed E-state index contributed by atoms with van der Waals surface area (Å²) in [7, 11) is 0. The minimum absolute atomic E-state index is 0.0466. The molecule has 3 heterocycles. The number of nitrogens with zero attached hydrogens (tertiary/aromatic N) is 4. The third-order valence-corrected chi connectivity index (χ3v) is 9.47. The normalized spacial score (nSPS) is 18.7.